The van der Waals surface area contributed by atoms with Crippen molar-refractivity contribution in [2.24, 2.45) is 0 Å². The Balaban J connectivity index is 1.57. The fraction of sp³-hybridized carbons (Fsp3) is 0.529. The Hall–Kier alpha value is -2.15. The Labute approximate surface area is 175 Å². The molecule has 2 aliphatic heterocycles. The number of methoxy groups -OCH3 is 1. The van der Waals surface area contributed by atoms with E-state index in [9.17, 15) is 13.2 Å². The lowest BCUT2D eigenvalue weighted by Gasteiger charge is -2.35. The summed E-state index contributed by atoms with van der Waals surface area (Å²) in [6, 6.07) is 7.58. The van der Waals surface area contributed by atoms with Crippen molar-refractivity contribution in [3.05, 3.63) is 24.3 Å². The van der Waals surface area contributed by atoms with E-state index in [1.165, 1.54) is 18.5 Å². The first-order chi connectivity index (χ1) is 13.8. The highest BCUT2D eigenvalue weighted by molar-refractivity contribution is 7.87. The average Bonchev–Trinajstić information content (AvgIpc) is 3.12. The van der Waals surface area contributed by atoms with Gasteiger partial charge in [-0.1, -0.05) is 0 Å². The van der Waals surface area contributed by atoms with Crippen molar-refractivity contribution in [1.29, 1.82) is 0 Å². The van der Waals surface area contributed by atoms with Gasteiger partial charge in [-0.05, 0) is 36.5 Å². The molecule has 29 heavy (non-hydrogen) atoms. The summed E-state index contributed by atoms with van der Waals surface area (Å²) in [5.41, 5.74) is 1.72. The number of benzene rings is 1. The maximum absolute atomic E-state index is 12.2. The predicted molar refractivity (Wildman–Crippen MR) is 113 cm³/mol. The second-order valence-electron chi connectivity index (χ2n) is 6.60. The third-order valence-corrected chi connectivity index (χ3v) is 6.77. The van der Waals surface area contributed by atoms with Crippen LogP contribution < -0.4 is 19.8 Å². The quantitative estimate of drug-likeness (QED) is 0.598. The number of hydrogen-bond acceptors (Lipinski definition) is 7. The lowest BCUT2D eigenvalue weighted by atomic mass is 10.2. The minimum absolute atomic E-state index is 0.256. The summed E-state index contributed by atoms with van der Waals surface area (Å²) in [5.74, 6) is 0. The van der Waals surface area contributed by atoms with Crippen LogP contribution >= 0.6 is 12.2 Å². The first kappa shape index (κ1) is 21.6. The predicted octanol–water partition coefficient (Wildman–Crippen LogP) is 0.119. The number of hydrogen-bond donors (Lipinski definition) is 2. The van der Waals surface area contributed by atoms with E-state index in [1.54, 1.807) is 4.90 Å². The van der Waals surface area contributed by atoms with E-state index in [-0.39, 0.29) is 11.3 Å². The maximum atomic E-state index is 12.2. The van der Waals surface area contributed by atoms with E-state index >= 15 is 0 Å². The molecule has 1 aromatic carbocycles. The third-order valence-electron chi connectivity index (χ3n) is 4.90. The Morgan fingerprint density at radius 3 is 2.41 bits per heavy atom. The Bertz CT molecular complexity index is 840. The monoisotopic (exact) mass is 443 g/mol. The number of thiocarbonyl (C=S) groups is 1. The van der Waals surface area contributed by atoms with Gasteiger partial charge in [-0.15, -0.1) is 0 Å². The standard InChI is InChI=1S/C17H25N5O5S2/c1-18-29(24,25)21-9-7-20(8-10-21)13-3-5-14(6-4-13)22-12-15(27-17(22)23)11-19-16(28)26-2/h3-6,15,18H,7-12H2,1-2H3,(H,19,28)/t15-/m0/s1. The number of cyclic esters (lactones) is 1. The van der Waals surface area contributed by atoms with Crippen molar-refractivity contribution < 1.29 is 22.7 Å². The van der Waals surface area contributed by atoms with Crippen molar-refractivity contribution in [3.8, 4) is 0 Å². The summed E-state index contributed by atoms with van der Waals surface area (Å²) in [7, 11) is -0.502. The van der Waals surface area contributed by atoms with Crippen LogP contribution in [0, 0.1) is 0 Å². The number of piperazine rings is 1. The van der Waals surface area contributed by atoms with Gasteiger partial charge in [-0.25, -0.2) is 9.52 Å². The Morgan fingerprint density at radius 2 is 1.83 bits per heavy atom. The number of carbonyl (C=O) groups excluding carboxylic acids is 1. The molecule has 0 saturated carbocycles. The SMILES string of the molecule is CNS(=O)(=O)N1CCN(c2ccc(N3C[C@H](CNC(=S)OC)OC3=O)cc2)CC1. The van der Waals surface area contributed by atoms with Crippen LogP contribution in [-0.4, -0.2) is 83.5 Å². The molecule has 0 aliphatic carbocycles. The fourth-order valence-electron chi connectivity index (χ4n) is 3.27. The maximum Gasteiger partial charge on any atom is 0.414 e. The average molecular weight is 444 g/mol. The van der Waals surface area contributed by atoms with Gasteiger partial charge in [-0.2, -0.15) is 12.7 Å². The number of nitrogens with one attached hydrogen (secondary N) is 2. The first-order valence-corrected chi connectivity index (χ1v) is 11.0. The minimum atomic E-state index is -3.39. The van der Waals surface area contributed by atoms with Crippen molar-refractivity contribution in [3.63, 3.8) is 0 Å². The summed E-state index contributed by atoms with van der Waals surface area (Å²) < 4.78 is 37.8. The van der Waals surface area contributed by atoms with E-state index in [0.717, 1.165) is 11.4 Å². The van der Waals surface area contributed by atoms with Crippen LogP contribution in [0.4, 0.5) is 16.2 Å². The molecular weight excluding hydrogens is 418 g/mol. The summed E-state index contributed by atoms with van der Waals surface area (Å²) in [5, 5.41) is 3.14. The zero-order chi connectivity index (χ0) is 21.0. The number of anilines is 2. The van der Waals surface area contributed by atoms with Crippen molar-refractivity contribution >= 4 is 45.1 Å². The number of carbonyl (C=O) groups is 1. The minimum Gasteiger partial charge on any atom is -0.474 e. The van der Waals surface area contributed by atoms with Gasteiger partial charge < -0.3 is 19.7 Å². The summed E-state index contributed by atoms with van der Waals surface area (Å²) in [4.78, 5) is 15.9. The van der Waals surface area contributed by atoms with E-state index in [4.69, 9.17) is 21.7 Å². The third kappa shape index (κ3) is 5.07. The lowest BCUT2D eigenvalue weighted by Crippen LogP contribution is -2.51. The molecule has 10 nitrogen and oxygen atoms in total. The molecule has 2 heterocycles. The largest absolute Gasteiger partial charge is 0.474 e. The van der Waals surface area contributed by atoms with Crippen LogP contribution in [0.25, 0.3) is 0 Å². The highest BCUT2D eigenvalue weighted by atomic mass is 32.2. The molecule has 2 N–H and O–H groups in total. The lowest BCUT2D eigenvalue weighted by molar-refractivity contribution is 0.142. The highest BCUT2D eigenvalue weighted by Crippen LogP contribution is 2.25. The zero-order valence-electron chi connectivity index (χ0n) is 16.3. The van der Waals surface area contributed by atoms with E-state index < -0.39 is 16.3 Å². The second-order valence-corrected chi connectivity index (χ2v) is 8.85. The van der Waals surface area contributed by atoms with Gasteiger partial charge >= 0.3 is 6.09 Å². The molecular formula is C17H25N5O5S2. The summed E-state index contributed by atoms with van der Waals surface area (Å²) in [6.45, 7) is 2.83. The molecule has 160 valence electrons. The first-order valence-electron chi connectivity index (χ1n) is 9.17. The van der Waals surface area contributed by atoms with Crippen LogP contribution in [0.15, 0.2) is 24.3 Å². The van der Waals surface area contributed by atoms with Crippen LogP contribution in [-0.2, 0) is 19.7 Å². The normalized spacial score (nSPS) is 20.5. The molecule has 0 aromatic heterocycles. The number of ether oxygens (including phenoxy) is 2. The summed E-state index contributed by atoms with van der Waals surface area (Å²) >= 11 is 4.92. The van der Waals surface area contributed by atoms with Gasteiger partial charge in [0, 0.05) is 44.6 Å². The van der Waals surface area contributed by atoms with E-state index in [2.05, 4.69) is 14.9 Å². The molecule has 1 aromatic rings. The molecule has 0 bridgehead atoms. The molecule has 0 unspecified atom stereocenters. The molecule has 12 heteroatoms. The van der Waals surface area contributed by atoms with Gasteiger partial charge in [0.2, 0.25) is 0 Å². The molecule has 2 aliphatic rings. The van der Waals surface area contributed by atoms with Gasteiger partial charge in [0.25, 0.3) is 15.4 Å². The number of amides is 1. The van der Waals surface area contributed by atoms with Crippen molar-refractivity contribution in [2.75, 3.05) is 63.2 Å². The zero-order valence-corrected chi connectivity index (χ0v) is 18.0. The molecule has 2 saturated heterocycles. The molecule has 3 rings (SSSR count). The van der Waals surface area contributed by atoms with Crippen LogP contribution in [0.1, 0.15) is 0 Å². The van der Waals surface area contributed by atoms with Crippen LogP contribution in [0.5, 0.6) is 0 Å². The second kappa shape index (κ2) is 9.11. The fourth-order valence-corrected chi connectivity index (χ4v) is 4.25. The smallest absolute Gasteiger partial charge is 0.414 e. The number of nitrogens with zero attached hydrogens (tertiary/aromatic N) is 3. The highest BCUT2D eigenvalue weighted by Gasteiger charge is 2.32. The van der Waals surface area contributed by atoms with Crippen molar-refractivity contribution in [1.82, 2.24) is 14.3 Å². The number of rotatable bonds is 6. The molecule has 0 spiro atoms. The van der Waals surface area contributed by atoms with Gasteiger partial charge in [0.15, 0.2) is 0 Å². The molecule has 1 atom stereocenters. The van der Waals surface area contributed by atoms with Crippen LogP contribution in [0.3, 0.4) is 0 Å². The Morgan fingerprint density at radius 1 is 1.21 bits per heavy atom. The topological polar surface area (TPSA) is 103 Å². The molecule has 1 amide bonds. The van der Waals surface area contributed by atoms with Crippen molar-refractivity contribution in [2.45, 2.75) is 6.10 Å². The Kier molecular flexibility index (Phi) is 6.77. The van der Waals surface area contributed by atoms with Crippen LogP contribution in [0.2, 0.25) is 0 Å². The van der Waals surface area contributed by atoms with E-state index in [0.29, 0.717) is 39.3 Å². The van der Waals surface area contributed by atoms with Gasteiger partial charge in [-0.3, -0.25) is 4.90 Å². The molecule has 0 radical (unpaired) electrons. The van der Waals surface area contributed by atoms with Gasteiger partial charge in [0.1, 0.15) is 6.10 Å². The van der Waals surface area contributed by atoms with E-state index in [1.807, 2.05) is 24.3 Å². The molecule has 2 fully saturated rings. The van der Waals surface area contributed by atoms with Gasteiger partial charge in [0.05, 0.1) is 20.2 Å². The summed E-state index contributed by atoms with van der Waals surface area (Å²) in [6.07, 6.45) is -0.726.